The summed E-state index contributed by atoms with van der Waals surface area (Å²) in [6.45, 7) is 3.83. The standard InChI is InChI=1S/C13H21N3O3S/c1-10-12(20-15-14-10)7-16(2)13(17)9-18-8-11-5-3-4-6-19-11/h11H,3-9H2,1-2H3. The molecule has 20 heavy (non-hydrogen) atoms. The van der Waals surface area contributed by atoms with Gasteiger partial charge in [-0.1, -0.05) is 4.49 Å². The van der Waals surface area contributed by atoms with Crippen LogP contribution in [0.25, 0.3) is 0 Å². The minimum Gasteiger partial charge on any atom is -0.376 e. The molecule has 1 unspecified atom stereocenters. The smallest absolute Gasteiger partial charge is 0.248 e. The average Bonchev–Trinajstić information content (AvgIpc) is 2.85. The van der Waals surface area contributed by atoms with Gasteiger partial charge in [0.05, 0.1) is 29.8 Å². The molecule has 112 valence electrons. The summed E-state index contributed by atoms with van der Waals surface area (Å²) in [7, 11) is 1.77. The Morgan fingerprint density at radius 2 is 2.40 bits per heavy atom. The molecule has 0 aliphatic carbocycles. The number of carbonyl (C=O) groups excluding carboxylic acids is 1. The average molecular weight is 299 g/mol. The zero-order valence-corrected chi connectivity index (χ0v) is 12.8. The van der Waals surface area contributed by atoms with Crippen LogP contribution < -0.4 is 0 Å². The number of carbonyl (C=O) groups is 1. The molecular formula is C13H21N3O3S. The van der Waals surface area contributed by atoms with Crippen molar-refractivity contribution < 1.29 is 14.3 Å². The lowest BCUT2D eigenvalue weighted by atomic mass is 10.1. The van der Waals surface area contributed by atoms with E-state index in [1.54, 1.807) is 11.9 Å². The van der Waals surface area contributed by atoms with Crippen molar-refractivity contribution in [3.05, 3.63) is 10.6 Å². The van der Waals surface area contributed by atoms with Crippen molar-refractivity contribution in [2.75, 3.05) is 26.9 Å². The number of aryl methyl sites for hydroxylation is 1. The highest BCUT2D eigenvalue weighted by Gasteiger charge is 2.16. The molecular weight excluding hydrogens is 278 g/mol. The highest BCUT2D eigenvalue weighted by Crippen LogP contribution is 2.13. The van der Waals surface area contributed by atoms with Crippen LogP contribution in [0.15, 0.2) is 0 Å². The van der Waals surface area contributed by atoms with Gasteiger partial charge < -0.3 is 14.4 Å². The Balaban J connectivity index is 1.67. The summed E-state index contributed by atoms with van der Waals surface area (Å²) in [6, 6.07) is 0. The van der Waals surface area contributed by atoms with Gasteiger partial charge in [-0.15, -0.1) is 5.10 Å². The minimum atomic E-state index is -0.0337. The summed E-state index contributed by atoms with van der Waals surface area (Å²) >= 11 is 1.33. The molecule has 0 aromatic carbocycles. The molecule has 1 fully saturated rings. The van der Waals surface area contributed by atoms with Gasteiger partial charge in [-0.3, -0.25) is 4.79 Å². The topological polar surface area (TPSA) is 64.6 Å². The molecule has 7 heteroatoms. The molecule has 6 nitrogen and oxygen atoms in total. The van der Waals surface area contributed by atoms with Crippen LogP contribution in [0.3, 0.4) is 0 Å². The summed E-state index contributed by atoms with van der Waals surface area (Å²) in [5.74, 6) is -0.0337. The zero-order chi connectivity index (χ0) is 14.4. The fraction of sp³-hybridized carbons (Fsp3) is 0.769. The predicted molar refractivity (Wildman–Crippen MR) is 75.5 cm³/mol. The molecule has 1 saturated heterocycles. The number of amides is 1. The molecule has 2 rings (SSSR count). The van der Waals surface area contributed by atoms with E-state index in [9.17, 15) is 4.79 Å². The van der Waals surface area contributed by atoms with Crippen LogP contribution in [0.2, 0.25) is 0 Å². The molecule has 1 amide bonds. The van der Waals surface area contributed by atoms with Crippen LogP contribution in [-0.2, 0) is 20.8 Å². The highest BCUT2D eigenvalue weighted by atomic mass is 32.1. The Bertz CT molecular complexity index is 432. The first-order valence-corrected chi connectivity index (χ1v) is 7.65. The molecule has 1 aromatic heterocycles. The van der Waals surface area contributed by atoms with Crippen molar-refractivity contribution in [2.45, 2.75) is 38.8 Å². The van der Waals surface area contributed by atoms with Crippen molar-refractivity contribution in [1.82, 2.24) is 14.5 Å². The monoisotopic (exact) mass is 299 g/mol. The Morgan fingerprint density at radius 1 is 1.55 bits per heavy atom. The Kier molecular flexibility index (Phi) is 5.87. The second-order valence-corrected chi connectivity index (χ2v) is 5.87. The van der Waals surface area contributed by atoms with Gasteiger partial charge >= 0.3 is 0 Å². The maximum absolute atomic E-state index is 11.9. The summed E-state index contributed by atoms with van der Waals surface area (Å²) < 4.78 is 14.9. The van der Waals surface area contributed by atoms with E-state index in [-0.39, 0.29) is 18.6 Å². The van der Waals surface area contributed by atoms with Crippen molar-refractivity contribution >= 4 is 17.4 Å². The predicted octanol–water partition coefficient (Wildman–Crippen LogP) is 1.39. The first kappa shape index (κ1) is 15.3. The quantitative estimate of drug-likeness (QED) is 0.794. The molecule has 1 aliphatic heterocycles. The zero-order valence-electron chi connectivity index (χ0n) is 12.0. The van der Waals surface area contributed by atoms with Gasteiger partial charge in [0.25, 0.3) is 0 Å². The summed E-state index contributed by atoms with van der Waals surface area (Å²) in [5, 5.41) is 3.94. The third kappa shape index (κ3) is 4.50. The maximum atomic E-state index is 11.9. The third-order valence-electron chi connectivity index (χ3n) is 3.36. The molecule has 0 N–H and O–H groups in total. The van der Waals surface area contributed by atoms with Crippen LogP contribution in [0, 0.1) is 6.92 Å². The molecule has 1 aliphatic rings. The van der Waals surface area contributed by atoms with Gasteiger partial charge in [-0.25, -0.2) is 0 Å². The van der Waals surface area contributed by atoms with Gasteiger partial charge in [0, 0.05) is 13.7 Å². The van der Waals surface area contributed by atoms with E-state index >= 15 is 0 Å². The molecule has 0 spiro atoms. The summed E-state index contributed by atoms with van der Waals surface area (Å²) in [4.78, 5) is 14.6. The number of rotatable bonds is 6. The normalized spacial score (nSPS) is 19.0. The van der Waals surface area contributed by atoms with Gasteiger partial charge in [0.2, 0.25) is 5.91 Å². The first-order chi connectivity index (χ1) is 9.66. The van der Waals surface area contributed by atoms with Crippen LogP contribution in [0.4, 0.5) is 0 Å². The van der Waals surface area contributed by atoms with E-state index in [4.69, 9.17) is 9.47 Å². The van der Waals surface area contributed by atoms with Crippen molar-refractivity contribution in [3.8, 4) is 0 Å². The number of hydrogen-bond donors (Lipinski definition) is 0. The van der Waals surface area contributed by atoms with E-state index in [0.29, 0.717) is 13.2 Å². The molecule has 1 aromatic rings. The number of hydrogen-bond acceptors (Lipinski definition) is 6. The van der Waals surface area contributed by atoms with E-state index < -0.39 is 0 Å². The molecule has 0 radical (unpaired) electrons. The summed E-state index contributed by atoms with van der Waals surface area (Å²) in [6.07, 6.45) is 3.48. The Morgan fingerprint density at radius 3 is 3.05 bits per heavy atom. The lowest BCUT2D eigenvalue weighted by Crippen LogP contribution is -2.32. The number of nitrogens with zero attached hydrogens (tertiary/aromatic N) is 3. The lowest BCUT2D eigenvalue weighted by Gasteiger charge is -2.23. The van der Waals surface area contributed by atoms with Crippen molar-refractivity contribution in [3.63, 3.8) is 0 Å². The number of likely N-dealkylation sites (N-methyl/N-ethyl adjacent to an activating group) is 1. The largest absolute Gasteiger partial charge is 0.376 e. The highest BCUT2D eigenvalue weighted by molar-refractivity contribution is 7.05. The van der Waals surface area contributed by atoms with Gasteiger partial charge in [-0.2, -0.15) is 0 Å². The van der Waals surface area contributed by atoms with Gasteiger partial charge in [0.1, 0.15) is 6.61 Å². The van der Waals surface area contributed by atoms with Crippen molar-refractivity contribution in [2.24, 2.45) is 0 Å². The van der Waals surface area contributed by atoms with E-state index in [1.807, 2.05) is 6.92 Å². The number of ether oxygens (including phenoxy) is 2. The SMILES string of the molecule is Cc1nnsc1CN(C)C(=O)COCC1CCCCO1. The Hall–Kier alpha value is -1.05. The van der Waals surface area contributed by atoms with Crippen LogP contribution in [0.5, 0.6) is 0 Å². The number of aromatic nitrogens is 2. The summed E-state index contributed by atoms with van der Waals surface area (Å²) in [5.41, 5.74) is 0.881. The minimum absolute atomic E-state index is 0.0337. The van der Waals surface area contributed by atoms with Crippen LogP contribution in [-0.4, -0.2) is 53.4 Å². The molecule has 1 atom stereocenters. The van der Waals surface area contributed by atoms with Crippen LogP contribution >= 0.6 is 11.5 Å². The molecule has 2 heterocycles. The van der Waals surface area contributed by atoms with Crippen molar-refractivity contribution in [1.29, 1.82) is 0 Å². The van der Waals surface area contributed by atoms with Crippen LogP contribution in [0.1, 0.15) is 29.8 Å². The lowest BCUT2D eigenvalue weighted by molar-refractivity contribution is -0.137. The molecule has 0 saturated carbocycles. The fourth-order valence-corrected chi connectivity index (χ4v) is 2.71. The second-order valence-electron chi connectivity index (χ2n) is 5.04. The second kappa shape index (κ2) is 7.66. The molecule has 0 bridgehead atoms. The van der Waals surface area contributed by atoms with E-state index in [2.05, 4.69) is 9.59 Å². The maximum Gasteiger partial charge on any atom is 0.248 e. The van der Waals surface area contributed by atoms with E-state index in [0.717, 1.165) is 30.0 Å². The van der Waals surface area contributed by atoms with E-state index in [1.165, 1.54) is 18.0 Å². The first-order valence-electron chi connectivity index (χ1n) is 6.88. The van der Waals surface area contributed by atoms with Gasteiger partial charge in [-0.05, 0) is 37.7 Å². The fourth-order valence-electron chi connectivity index (χ4n) is 2.03. The Labute approximate surface area is 123 Å². The van der Waals surface area contributed by atoms with Gasteiger partial charge in [0.15, 0.2) is 0 Å². The third-order valence-corrected chi connectivity index (χ3v) is 4.16.